The Morgan fingerprint density at radius 3 is 2.39 bits per heavy atom. The van der Waals surface area contributed by atoms with E-state index in [0.717, 1.165) is 29.3 Å². The fourth-order valence-electron chi connectivity index (χ4n) is 2.22. The molecule has 1 aromatic carbocycles. The van der Waals surface area contributed by atoms with E-state index in [-0.39, 0.29) is 0 Å². The molecule has 1 aromatic heterocycles. The summed E-state index contributed by atoms with van der Waals surface area (Å²) in [5.74, 6) is -1.24. The number of hydrogen-bond donors (Lipinski definition) is 2. The van der Waals surface area contributed by atoms with Crippen LogP contribution in [0, 0.1) is 6.92 Å². The van der Waals surface area contributed by atoms with Gasteiger partial charge >= 0.3 is 5.97 Å². The van der Waals surface area contributed by atoms with Gasteiger partial charge in [-0.2, -0.15) is 0 Å². The molecule has 1 unspecified atom stereocenters. The van der Waals surface area contributed by atoms with Crippen LogP contribution in [0.2, 0.25) is 0 Å². The van der Waals surface area contributed by atoms with Crippen molar-refractivity contribution in [3.63, 3.8) is 0 Å². The van der Waals surface area contributed by atoms with Crippen molar-refractivity contribution < 1.29 is 15.0 Å². The van der Waals surface area contributed by atoms with Gasteiger partial charge in [-0.05, 0) is 25.5 Å². The highest BCUT2D eigenvalue weighted by atomic mass is 16.4. The Morgan fingerprint density at radius 2 is 1.83 bits per heavy atom. The Morgan fingerprint density at radius 1 is 1.28 bits per heavy atom. The molecule has 0 saturated heterocycles. The normalized spacial score (nSPS) is 11.8. The molecule has 0 fully saturated rings. The van der Waals surface area contributed by atoms with Gasteiger partial charge in [0.05, 0.1) is 5.92 Å². The summed E-state index contributed by atoms with van der Waals surface area (Å²) < 4.78 is 2.05. The molecule has 0 amide bonds. The summed E-state index contributed by atoms with van der Waals surface area (Å²) in [6.45, 7) is 3.70. The average molecular weight is 249 g/mol. The van der Waals surface area contributed by atoms with Crippen LogP contribution < -0.4 is 0 Å². The number of aryl methyl sites for hydroxylation is 1. The third kappa shape index (κ3) is 2.24. The predicted molar refractivity (Wildman–Crippen MR) is 71.8 cm³/mol. The molecule has 0 aliphatic heterocycles. The van der Waals surface area contributed by atoms with Crippen LogP contribution in [0.5, 0.6) is 0 Å². The number of hydrogen-bond acceptors (Lipinski definition) is 2. The minimum atomic E-state index is -0.778. The Labute approximate surface area is 106 Å². The largest absolute Gasteiger partial charge is 0.481 e. The van der Waals surface area contributed by atoms with Crippen molar-refractivity contribution in [2.75, 3.05) is 7.11 Å². The van der Waals surface area contributed by atoms with Gasteiger partial charge in [0.1, 0.15) is 0 Å². The van der Waals surface area contributed by atoms with Gasteiger partial charge in [-0.15, -0.1) is 0 Å². The Kier molecular flexibility index (Phi) is 4.50. The monoisotopic (exact) mass is 249 g/mol. The highest BCUT2D eigenvalue weighted by Crippen LogP contribution is 2.30. The van der Waals surface area contributed by atoms with E-state index >= 15 is 0 Å². The molecule has 4 heteroatoms. The van der Waals surface area contributed by atoms with Crippen molar-refractivity contribution in [2.24, 2.45) is 7.05 Å². The summed E-state index contributed by atoms with van der Waals surface area (Å²) in [5, 5.41) is 17.2. The molecule has 0 saturated carbocycles. The molecule has 0 aliphatic rings. The predicted octanol–water partition coefficient (Wildman–Crippen LogP) is 2.28. The van der Waals surface area contributed by atoms with Crippen LogP contribution in [0.25, 0.3) is 10.9 Å². The molecular weight excluding hydrogens is 230 g/mol. The van der Waals surface area contributed by atoms with Gasteiger partial charge in [0.2, 0.25) is 0 Å². The lowest BCUT2D eigenvalue weighted by Crippen LogP contribution is -2.08. The van der Waals surface area contributed by atoms with E-state index in [0.29, 0.717) is 0 Å². The SMILES string of the molecule is CO.Cc1c(C(C)C(=O)O)c2ccccc2n1C. The third-order valence-corrected chi connectivity index (χ3v) is 3.25. The Hall–Kier alpha value is -1.81. The van der Waals surface area contributed by atoms with Crippen molar-refractivity contribution >= 4 is 16.9 Å². The number of aliphatic hydroxyl groups is 1. The van der Waals surface area contributed by atoms with E-state index in [1.165, 1.54) is 0 Å². The molecule has 0 aliphatic carbocycles. The summed E-state index contributed by atoms with van der Waals surface area (Å²) in [6, 6.07) is 7.91. The van der Waals surface area contributed by atoms with Gasteiger partial charge in [-0.25, -0.2) is 0 Å². The van der Waals surface area contributed by atoms with Crippen LogP contribution >= 0.6 is 0 Å². The molecule has 0 spiro atoms. The zero-order valence-electron chi connectivity index (χ0n) is 11.1. The summed E-state index contributed by atoms with van der Waals surface area (Å²) >= 11 is 0. The Bertz CT molecular complexity index is 557. The smallest absolute Gasteiger partial charge is 0.310 e. The second-order valence-corrected chi connectivity index (χ2v) is 4.14. The lowest BCUT2D eigenvalue weighted by Gasteiger charge is -2.07. The number of para-hydroxylation sites is 1. The van der Waals surface area contributed by atoms with Crippen molar-refractivity contribution in [1.82, 2.24) is 4.57 Å². The minimum Gasteiger partial charge on any atom is -0.481 e. The fourth-order valence-corrected chi connectivity index (χ4v) is 2.22. The number of carboxylic acids is 1. The maximum atomic E-state index is 11.1. The van der Waals surface area contributed by atoms with Crippen LogP contribution in [0.1, 0.15) is 24.1 Å². The van der Waals surface area contributed by atoms with E-state index in [2.05, 4.69) is 0 Å². The number of aliphatic carboxylic acids is 1. The summed E-state index contributed by atoms with van der Waals surface area (Å²) in [5.41, 5.74) is 3.03. The van der Waals surface area contributed by atoms with Gasteiger partial charge in [-0.3, -0.25) is 4.79 Å². The topological polar surface area (TPSA) is 62.5 Å². The molecule has 98 valence electrons. The van der Waals surface area contributed by atoms with E-state index in [1.807, 2.05) is 42.8 Å². The van der Waals surface area contributed by atoms with Crippen molar-refractivity contribution in [1.29, 1.82) is 0 Å². The molecule has 2 N–H and O–H groups in total. The van der Waals surface area contributed by atoms with Crippen LogP contribution in [-0.2, 0) is 11.8 Å². The molecule has 18 heavy (non-hydrogen) atoms. The highest BCUT2D eigenvalue weighted by Gasteiger charge is 2.21. The van der Waals surface area contributed by atoms with Crippen molar-refractivity contribution in [3.8, 4) is 0 Å². The number of fused-ring (bicyclic) bond motifs is 1. The fraction of sp³-hybridized carbons (Fsp3) is 0.357. The molecule has 2 rings (SSSR count). The number of aliphatic hydroxyl groups excluding tert-OH is 1. The molecule has 2 aromatic rings. The summed E-state index contributed by atoms with van der Waals surface area (Å²) in [7, 11) is 2.97. The maximum Gasteiger partial charge on any atom is 0.310 e. The highest BCUT2D eigenvalue weighted by molar-refractivity contribution is 5.91. The third-order valence-electron chi connectivity index (χ3n) is 3.25. The average Bonchev–Trinajstić information content (AvgIpc) is 2.64. The van der Waals surface area contributed by atoms with Crippen molar-refractivity contribution in [3.05, 3.63) is 35.5 Å². The van der Waals surface area contributed by atoms with Gasteiger partial charge in [-0.1, -0.05) is 18.2 Å². The first kappa shape index (κ1) is 14.3. The second kappa shape index (κ2) is 5.69. The number of carboxylic acid groups (broad SMARTS) is 1. The van der Waals surface area contributed by atoms with Gasteiger partial charge in [0, 0.05) is 30.8 Å². The summed E-state index contributed by atoms with van der Waals surface area (Å²) in [4.78, 5) is 11.1. The van der Waals surface area contributed by atoms with Crippen molar-refractivity contribution in [2.45, 2.75) is 19.8 Å². The van der Waals surface area contributed by atoms with Gasteiger partial charge < -0.3 is 14.8 Å². The lowest BCUT2D eigenvalue weighted by atomic mass is 9.98. The zero-order valence-corrected chi connectivity index (χ0v) is 11.1. The number of rotatable bonds is 2. The molecule has 1 atom stereocenters. The van der Waals surface area contributed by atoms with Gasteiger partial charge in [0.15, 0.2) is 0 Å². The molecule has 0 bridgehead atoms. The van der Waals surface area contributed by atoms with Gasteiger partial charge in [0.25, 0.3) is 0 Å². The lowest BCUT2D eigenvalue weighted by molar-refractivity contribution is -0.138. The number of aromatic nitrogens is 1. The van der Waals surface area contributed by atoms with E-state index in [4.69, 9.17) is 10.2 Å². The first-order valence-electron chi connectivity index (χ1n) is 5.75. The van der Waals surface area contributed by atoms with E-state index in [1.54, 1.807) is 6.92 Å². The molecular formula is C14H19NO3. The van der Waals surface area contributed by atoms with Crippen LogP contribution in [0.4, 0.5) is 0 Å². The number of nitrogens with zero attached hydrogens (tertiary/aromatic N) is 1. The van der Waals surface area contributed by atoms with E-state index in [9.17, 15) is 4.79 Å². The molecule has 0 radical (unpaired) electrons. The van der Waals surface area contributed by atoms with Crippen LogP contribution in [0.15, 0.2) is 24.3 Å². The standard InChI is InChI=1S/C13H15NO2.CH4O/c1-8(13(15)16)12-9(2)14(3)11-7-5-4-6-10(11)12;1-2/h4-8H,1-3H3,(H,15,16);2H,1H3. The number of benzene rings is 1. The molecule has 4 nitrogen and oxygen atoms in total. The summed E-state index contributed by atoms with van der Waals surface area (Å²) in [6.07, 6.45) is 0. The maximum absolute atomic E-state index is 11.1. The first-order chi connectivity index (χ1) is 8.54. The second-order valence-electron chi connectivity index (χ2n) is 4.14. The first-order valence-corrected chi connectivity index (χ1v) is 5.75. The molecule has 1 heterocycles. The quantitative estimate of drug-likeness (QED) is 0.858. The van der Waals surface area contributed by atoms with Crippen LogP contribution in [0.3, 0.4) is 0 Å². The minimum absolute atomic E-state index is 0.467. The Balaban J connectivity index is 0.000000771. The zero-order chi connectivity index (χ0) is 13.9. The number of carbonyl (C=O) groups is 1. The van der Waals surface area contributed by atoms with Crippen LogP contribution in [-0.4, -0.2) is 27.9 Å². The van der Waals surface area contributed by atoms with E-state index < -0.39 is 11.9 Å².